The zero-order valence-corrected chi connectivity index (χ0v) is 14.5. The number of carbonyl (C=O) groups excluding carboxylic acids is 1. The molecule has 0 saturated carbocycles. The third-order valence-corrected chi connectivity index (χ3v) is 4.09. The van der Waals surface area contributed by atoms with Gasteiger partial charge in [-0.1, -0.05) is 17.7 Å². The van der Waals surface area contributed by atoms with E-state index in [-0.39, 0.29) is 17.1 Å². The van der Waals surface area contributed by atoms with Gasteiger partial charge in [0.05, 0.1) is 5.02 Å². The van der Waals surface area contributed by atoms with Crippen LogP contribution in [0.15, 0.2) is 36.4 Å². The van der Waals surface area contributed by atoms with Crippen molar-refractivity contribution < 1.29 is 9.18 Å². The number of nitrogens with one attached hydrogen (secondary N) is 5. The van der Waals surface area contributed by atoms with Gasteiger partial charge >= 0.3 is 0 Å². The summed E-state index contributed by atoms with van der Waals surface area (Å²) in [6.07, 6.45) is -0.378. The summed E-state index contributed by atoms with van der Waals surface area (Å²) >= 11 is 5.74. The van der Waals surface area contributed by atoms with Gasteiger partial charge in [0.1, 0.15) is 18.0 Å². The van der Waals surface area contributed by atoms with Crippen molar-refractivity contribution in [1.29, 1.82) is 0 Å². The minimum absolute atomic E-state index is 0.0432. The molecular weight excluding hydrogens is 345 g/mol. The molecule has 0 radical (unpaired) electrons. The van der Waals surface area contributed by atoms with Gasteiger partial charge in [0.25, 0.3) is 0 Å². The zero-order chi connectivity index (χ0) is 18.0. The molecule has 1 saturated heterocycles. The van der Waals surface area contributed by atoms with Gasteiger partial charge in [-0.25, -0.2) is 15.2 Å². The highest BCUT2D eigenvalue weighted by atomic mass is 35.5. The van der Waals surface area contributed by atoms with Crippen molar-refractivity contribution in [2.45, 2.75) is 26.1 Å². The molecule has 2 atom stereocenters. The predicted octanol–water partition coefficient (Wildman–Crippen LogP) is 2.45. The monoisotopic (exact) mass is 363 g/mol. The summed E-state index contributed by atoms with van der Waals surface area (Å²) in [7, 11) is 0. The molecule has 0 spiro atoms. The largest absolute Gasteiger partial charge is 0.367 e. The maximum atomic E-state index is 13.2. The number of aryl methyl sites for hydroxylation is 2. The molecule has 0 bridgehead atoms. The highest BCUT2D eigenvalue weighted by molar-refractivity contribution is 6.31. The van der Waals surface area contributed by atoms with Gasteiger partial charge in [0.15, 0.2) is 0 Å². The first-order valence-electron chi connectivity index (χ1n) is 7.79. The molecule has 0 aliphatic carbocycles. The number of amides is 1. The van der Waals surface area contributed by atoms with E-state index in [1.54, 1.807) is 0 Å². The van der Waals surface area contributed by atoms with Crippen LogP contribution in [0.25, 0.3) is 0 Å². The molecule has 132 valence electrons. The zero-order valence-electron chi connectivity index (χ0n) is 13.8. The van der Waals surface area contributed by atoms with E-state index in [1.807, 2.05) is 26.0 Å². The van der Waals surface area contributed by atoms with Crippen LogP contribution in [-0.2, 0) is 4.79 Å². The number of halogens is 2. The highest BCUT2D eigenvalue weighted by Crippen LogP contribution is 2.20. The molecule has 1 aliphatic rings. The van der Waals surface area contributed by atoms with Crippen molar-refractivity contribution in [2.75, 3.05) is 10.6 Å². The Morgan fingerprint density at radius 3 is 2.48 bits per heavy atom. The smallest absolute Gasteiger partial charge is 0.246 e. The van der Waals surface area contributed by atoms with Crippen LogP contribution in [0.2, 0.25) is 5.02 Å². The number of hydrogen-bond donors (Lipinski definition) is 5. The topological polar surface area (TPSA) is 77.2 Å². The average Bonchev–Trinajstić information content (AvgIpc) is 2.98. The third kappa shape index (κ3) is 4.26. The van der Waals surface area contributed by atoms with Crippen LogP contribution < -0.4 is 27.0 Å². The van der Waals surface area contributed by atoms with E-state index >= 15 is 0 Å². The first-order valence-corrected chi connectivity index (χ1v) is 8.17. The summed E-state index contributed by atoms with van der Waals surface area (Å²) in [5.41, 5.74) is 12.2. The SMILES string of the molecule is Cc1cc(C)cc(NC2NNNC2C(=O)Nc2ccc(F)c(Cl)c2)c1. The Morgan fingerprint density at radius 1 is 1.08 bits per heavy atom. The van der Waals surface area contributed by atoms with Crippen LogP contribution in [0.5, 0.6) is 0 Å². The van der Waals surface area contributed by atoms with E-state index in [9.17, 15) is 9.18 Å². The Kier molecular flexibility index (Phi) is 5.19. The average molecular weight is 364 g/mol. The molecule has 2 aromatic rings. The van der Waals surface area contributed by atoms with E-state index in [2.05, 4.69) is 33.1 Å². The summed E-state index contributed by atoms with van der Waals surface area (Å²) in [4.78, 5) is 12.5. The fourth-order valence-electron chi connectivity index (χ4n) is 2.73. The van der Waals surface area contributed by atoms with Crippen LogP contribution in [0.1, 0.15) is 11.1 Å². The minimum atomic E-state index is -0.593. The Hall–Kier alpha value is -2.19. The molecule has 1 heterocycles. The minimum Gasteiger partial charge on any atom is -0.367 e. The lowest BCUT2D eigenvalue weighted by Gasteiger charge is -2.20. The number of rotatable bonds is 4. The third-order valence-electron chi connectivity index (χ3n) is 3.80. The van der Waals surface area contributed by atoms with E-state index in [1.165, 1.54) is 18.2 Å². The van der Waals surface area contributed by atoms with E-state index in [0.29, 0.717) is 5.69 Å². The molecule has 6 nitrogen and oxygen atoms in total. The van der Waals surface area contributed by atoms with E-state index in [4.69, 9.17) is 11.6 Å². The van der Waals surface area contributed by atoms with Gasteiger partial charge in [0, 0.05) is 11.4 Å². The molecule has 1 aliphatic heterocycles. The normalized spacial score (nSPS) is 19.7. The maximum Gasteiger partial charge on any atom is 0.246 e. The molecule has 5 N–H and O–H groups in total. The Balaban J connectivity index is 1.69. The fourth-order valence-corrected chi connectivity index (χ4v) is 2.91. The molecule has 8 heteroatoms. The van der Waals surface area contributed by atoms with E-state index in [0.717, 1.165) is 16.8 Å². The van der Waals surface area contributed by atoms with Crippen molar-refractivity contribution in [1.82, 2.24) is 16.4 Å². The first kappa shape index (κ1) is 17.6. The fraction of sp³-hybridized carbons (Fsp3) is 0.235. The number of hydrogen-bond acceptors (Lipinski definition) is 5. The molecule has 1 fully saturated rings. The summed E-state index contributed by atoms with van der Waals surface area (Å²) in [5, 5.41) is 5.95. The van der Waals surface area contributed by atoms with Gasteiger partial charge in [-0.05, 0) is 55.3 Å². The first-order chi connectivity index (χ1) is 11.9. The molecule has 0 aromatic heterocycles. The quantitative estimate of drug-likeness (QED) is 0.577. The van der Waals surface area contributed by atoms with Crippen molar-refractivity contribution in [2.24, 2.45) is 0 Å². The van der Waals surface area contributed by atoms with Crippen molar-refractivity contribution in [3.8, 4) is 0 Å². The Labute approximate surface area is 150 Å². The molecular formula is C17H19ClFN5O. The predicted molar refractivity (Wildman–Crippen MR) is 96.6 cm³/mol. The Morgan fingerprint density at radius 2 is 1.80 bits per heavy atom. The van der Waals surface area contributed by atoms with Crippen molar-refractivity contribution in [3.05, 3.63) is 58.4 Å². The van der Waals surface area contributed by atoms with Gasteiger partial charge < -0.3 is 10.6 Å². The van der Waals surface area contributed by atoms with E-state index < -0.39 is 11.9 Å². The number of benzene rings is 2. The van der Waals surface area contributed by atoms with Gasteiger partial charge in [-0.2, -0.15) is 5.53 Å². The second kappa shape index (κ2) is 7.37. The standard InChI is InChI=1S/C17H19ClFN5O/c1-9-5-10(2)7-12(6-9)20-16-15(22-24-23-16)17(25)21-11-3-4-14(19)13(18)8-11/h3-8,15-16,20,22-24H,1-2H3,(H,21,25). The summed E-state index contributed by atoms with van der Waals surface area (Å²) < 4.78 is 13.2. The lowest BCUT2D eigenvalue weighted by molar-refractivity contribution is -0.118. The van der Waals surface area contributed by atoms with Gasteiger partial charge in [-0.15, -0.1) is 0 Å². The Bertz CT molecular complexity index is 780. The number of carbonyl (C=O) groups is 1. The molecule has 1 amide bonds. The molecule has 2 unspecified atom stereocenters. The number of anilines is 2. The second-order valence-corrected chi connectivity index (χ2v) is 6.42. The molecule has 3 rings (SSSR count). The van der Waals surface area contributed by atoms with Crippen molar-refractivity contribution in [3.63, 3.8) is 0 Å². The van der Waals surface area contributed by atoms with Crippen LogP contribution >= 0.6 is 11.6 Å². The van der Waals surface area contributed by atoms with Gasteiger partial charge in [0.2, 0.25) is 5.91 Å². The lowest BCUT2D eigenvalue weighted by Crippen LogP contribution is -2.47. The summed E-state index contributed by atoms with van der Waals surface area (Å²) in [5.74, 6) is -0.821. The van der Waals surface area contributed by atoms with Crippen LogP contribution in [0.3, 0.4) is 0 Å². The number of hydrazine groups is 2. The maximum absolute atomic E-state index is 13.2. The molecule has 25 heavy (non-hydrogen) atoms. The van der Waals surface area contributed by atoms with Crippen LogP contribution in [0.4, 0.5) is 15.8 Å². The summed E-state index contributed by atoms with van der Waals surface area (Å²) in [6, 6.07) is 9.53. The second-order valence-electron chi connectivity index (χ2n) is 6.01. The summed E-state index contributed by atoms with van der Waals surface area (Å²) in [6.45, 7) is 4.03. The van der Waals surface area contributed by atoms with Crippen molar-refractivity contribution >= 4 is 28.9 Å². The molecule has 2 aromatic carbocycles. The van der Waals surface area contributed by atoms with Crippen LogP contribution in [0, 0.1) is 19.7 Å². The van der Waals surface area contributed by atoms with Crippen LogP contribution in [-0.4, -0.2) is 18.1 Å². The highest BCUT2D eigenvalue weighted by Gasteiger charge is 2.32. The van der Waals surface area contributed by atoms with Gasteiger partial charge in [-0.3, -0.25) is 4.79 Å². The lowest BCUT2D eigenvalue weighted by atomic mass is 10.1.